The van der Waals surface area contributed by atoms with Crippen molar-refractivity contribution in [3.63, 3.8) is 0 Å². The van der Waals surface area contributed by atoms with Crippen molar-refractivity contribution < 1.29 is 17.6 Å². The minimum Gasteiger partial charge on any atom is -0.341 e. The third-order valence-electron chi connectivity index (χ3n) is 3.21. The molecular weight excluding hydrogens is 363 g/mol. The summed E-state index contributed by atoms with van der Waals surface area (Å²) in [6.07, 6.45) is 1.29. The Balaban J connectivity index is 2.08. The first-order chi connectivity index (χ1) is 9.79. The second kappa shape index (κ2) is 6.41. The molecular formula is C13H16BrFN2O3S. The van der Waals surface area contributed by atoms with Crippen LogP contribution >= 0.6 is 15.9 Å². The van der Waals surface area contributed by atoms with Crippen molar-refractivity contribution in [1.29, 1.82) is 0 Å². The minimum absolute atomic E-state index is 0.0240. The van der Waals surface area contributed by atoms with Crippen molar-refractivity contribution in [3.8, 4) is 0 Å². The largest absolute Gasteiger partial charge is 0.341 e. The SMILES string of the molecule is CC(CN1CCCC1=O)NS(=O)(=O)c1ccc(Br)cc1F. The zero-order valence-corrected chi connectivity index (χ0v) is 13.9. The van der Waals surface area contributed by atoms with Gasteiger partial charge in [0.25, 0.3) is 0 Å². The molecule has 0 aliphatic carbocycles. The van der Waals surface area contributed by atoms with E-state index in [4.69, 9.17) is 0 Å². The summed E-state index contributed by atoms with van der Waals surface area (Å²) >= 11 is 3.08. The maximum Gasteiger partial charge on any atom is 0.243 e. The summed E-state index contributed by atoms with van der Waals surface area (Å²) in [6.45, 7) is 2.58. The van der Waals surface area contributed by atoms with Gasteiger partial charge < -0.3 is 4.90 Å². The Bertz CT molecular complexity index is 651. The van der Waals surface area contributed by atoms with Crippen LogP contribution in [0.15, 0.2) is 27.6 Å². The van der Waals surface area contributed by atoms with E-state index in [0.29, 0.717) is 17.4 Å². The molecule has 1 aromatic rings. The summed E-state index contributed by atoms with van der Waals surface area (Å²) in [4.78, 5) is 12.7. The summed E-state index contributed by atoms with van der Waals surface area (Å²) in [5, 5.41) is 0. The Hall–Kier alpha value is -0.990. The zero-order chi connectivity index (χ0) is 15.6. The maximum atomic E-state index is 13.7. The van der Waals surface area contributed by atoms with Gasteiger partial charge in [0.15, 0.2) is 0 Å². The van der Waals surface area contributed by atoms with Gasteiger partial charge in [0.2, 0.25) is 15.9 Å². The molecule has 1 saturated heterocycles. The molecule has 0 aromatic heterocycles. The first kappa shape index (κ1) is 16.4. The fourth-order valence-corrected chi connectivity index (χ4v) is 3.91. The summed E-state index contributed by atoms with van der Waals surface area (Å²) < 4.78 is 40.9. The van der Waals surface area contributed by atoms with Gasteiger partial charge in [-0.2, -0.15) is 0 Å². The third kappa shape index (κ3) is 4.02. The number of likely N-dealkylation sites (tertiary alicyclic amines) is 1. The van der Waals surface area contributed by atoms with Crippen molar-refractivity contribution in [2.75, 3.05) is 13.1 Å². The molecule has 1 amide bonds. The second-order valence-corrected chi connectivity index (χ2v) is 7.64. The predicted octanol–water partition coefficient (Wildman–Crippen LogP) is 1.88. The molecule has 1 unspecified atom stereocenters. The Morgan fingerprint density at radius 2 is 2.19 bits per heavy atom. The number of carbonyl (C=O) groups is 1. The number of amides is 1. The van der Waals surface area contributed by atoms with Gasteiger partial charge in [-0.05, 0) is 31.5 Å². The van der Waals surface area contributed by atoms with Gasteiger partial charge in [-0.25, -0.2) is 17.5 Å². The topological polar surface area (TPSA) is 66.5 Å². The number of hydrogen-bond acceptors (Lipinski definition) is 3. The van der Waals surface area contributed by atoms with Gasteiger partial charge in [0, 0.05) is 30.0 Å². The molecule has 0 bridgehead atoms. The van der Waals surface area contributed by atoms with Crippen LogP contribution in [0.1, 0.15) is 19.8 Å². The van der Waals surface area contributed by atoms with Crippen LogP contribution in [-0.4, -0.2) is 38.4 Å². The van der Waals surface area contributed by atoms with E-state index in [2.05, 4.69) is 20.7 Å². The van der Waals surface area contributed by atoms with Crippen LogP contribution in [0.5, 0.6) is 0 Å². The molecule has 1 fully saturated rings. The number of hydrogen-bond donors (Lipinski definition) is 1. The number of benzene rings is 1. The Morgan fingerprint density at radius 1 is 1.48 bits per heavy atom. The average molecular weight is 379 g/mol. The van der Waals surface area contributed by atoms with Crippen LogP contribution in [0.3, 0.4) is 0 Å². The predicted molar refractivity (Wildman–Crippen MR) is 79.7 cm³/mol. The number of sulfonamides is 1. The lowest BCUT2D eigenvalue weighted by molar-refractivity contribution is -0.127. The maximum absolute atomic E-state index is 13.7. The number of nitrogens with one attached hydrogen (secondary N) is 1. The summed E-state index contributed by atoms with van der Waals surface area (Å²) in [5.74, 6) is -0.794. The molecule has 0 radical (unpaired) electrons. The Kier molecular flexibility index (Phi) is 5.00. The smallest absolute Gasteiger partial charge is 0.243 e. The summed E-state index contributed by atoms with van der Waals surface area (Å²) in [6, 6.07) is 3.28. The van der Waals surface area contributed by atoms with Gasteiger partial charge in [0.1, 0.15) is 10.7 Å². The highest BCUT2D eigenvalue weighted by Gasteiger charge is 2.26. The highest BCUT2D eigenvalue weighted by atomic mass is 79.9. The highest BCUT2D eigenvalue weighted by molar-refractivity contribution is 9.10. The first-order valence-corrected chi connectivity index (χ1v) is 8.82. The van der Waals surface area contributed by atoms with E-state index in [-0.39, 0.29) is 12.5 Å². The van der Waals surface area contributed by atoms with E-state index < -0.39 is 26.8 Å². The molecule has 1 heterocycles. The summed E-state index contributed by atoms with van der Waals surface area (Å²) in [7, 11) is -3.95. The highest BCUT2D eigenvalue weighted by Crippen LogP contribution is 2.19. The Labute approximate surface area is 131 Å². The van der Waals surface area contributed by atoms with Crippen LogP contribution in [0.2, 0.25) is 0 Å². The third-order valence-corrected chi connectivity index (χ3v) is 5.32. The number of halogens is 2. The van der Waals surface area contributed by atoms with Crippen molar-refractivity contribution >= 4 is 31.9 Å². The normalized spacial score (nSPS) is 17.3. The number of nitrogens with zero attached hydrogens (tertiary/aromatic N) is 1. The van der Waals surface area contributed by atoms with E-state index in [1.165, 1.54) is 12.1 Å². The first-order valence-electron chi connectivity index (χ1n) is 6.55. The number of carbonyl (C=O) groups excluding carboxylic acids is 1. The molecule has 1 aliphatic rings. The molecule has 8 heteroatoms. The average Bonchev–Trinajstić information content (AvgIpc) is 2.73. The molecule has 1 atom stereocenters. The van der Waals surface area contributed by atoms with Gasteiger partial charge in [0.05, 0.1) is 0 Å². The van der Waals surface area contributed by atoms with E-state index in [0.717, 1.165) is 12.5 Å². The quantitative estimate of drug-likeness (QED) is 0.850. The van der Waals surface area contributed by atoms with Crippen LogP contribution in [0.4, 0.5) is 4.39 Å². The summed E-state index contributed by atoms with van der Waals surface area (Å²) in [5.41, 5.74) is 0. The van der Waals surface area contributed by atoms with Crippen molar-refractivity contribution in [2.45, 2.75) is 30.7 Å². The fourth-order valence-electron chi connectivity index (χ4n) is 2.29. The van der Waals surface area contributed by atoms with Gasteiger partial charge in [-0.1, -0.05) is 15.9 Å². The lowest BCUT2D eigenvalue weighted by atomic mass is 10.3. The molecule has 21 heavy (non-hydrogen) atoms. The fraction of sp³-hybridized carbons (Fsp3) is 0.462. The van der Waals surface area contributed by atoms with E-state index in [9.17, 15) is 17.6 Å². The monoisotopic (exact) mass is 378 g/mol. The van der Waals surface area contributed by atoms with E-state index in [1.807, 2.05) is 0 Å². The molecule has 2 rings (SSSR count). The van der Waals surface area contributed by atoms with Gasteiger partial charge in [-0.3, -0.25) is 4.79 Å². The molecule has 1 aromatic carbocycles. The van der Waals surface area contributed by atoms with Crippen LogP contribution in [0.25, 0.3) is 0 Å². The van der Waals surface area contributed by atoms with Crippen molar-refractivity contribution in [3.05, 3.63) is 28.5 Å². The van der Waals surface area contributed by atoms with Crippen molar-refractivity contribution in [2.24, 2.45) is 0 Å². The molecule has 1 N–H and O–H groups in total. The zero-order valence-electron chi connectivity index (χ0n) is 11.5. The number of rotatable bonds is 5. The van der Waals surface area contributed by atoms with E-state index >= 15 is 0 Å². The lowest BCUT2D eigenvalue weighted by Gasteiger charge is -2.21. The molecule has 1 aliphatic heterocycles. The Morgan fingerprint density at radius 3 is 2.76 bits per heavy atom. The molecule has 0 spiro atoms. The molecule has 116 valence electrons. The molecule has 5 nitrogen and oxygen atoms in total. The second-order valence-electron chi connectivity index (χ2n) is 5.04. The van der Waals surface area contributed by atoms with Gasteiger partial charge in [-0.15, -0.1) is 0 Å². The lowest BCUT2D eigenvalue weighted by Crippen LogP contribution is -2.42. The van der Waals surface area contributed by atoms with Crippen LogP contribution in [-0.2, 0) is 14.8 Å². The van der Waals surface area contributed by atoms with Gasteiger partial charge >= 0.3 is 0 Å². The standard InChI is InChI=1S/C13H16BrFN2O3S/c1-9(8-17-6-2-3-13(17)18)16-21(19,20)12-5-4-10(14)7-11(12)15/h4-5,7,9,16H,2-3,6,8H2,1H3. The van der Waals surface area contributed by atoms with Crippen LogP contribution < -0.4 is 4.72 Å². The van der Waals surface area contributed by atoms with Crippen molar-refractivity contribution in [1.82, 2.24) is 9.62 Å². The van der Waals surface area contributed by atoms with E-state index in [1.54, 1.807) is 11.8 Å². The van der Waals surface area contributed by atoms with Crippen LogP contribution in [0, 0.1) is 5.82 Å². The minimum atomic E-state index is -3.95. The molecule has 0 saturated carbocycles.